The van der Waals surface area contributed by atoms with Crippen LogP contribution in [0.4, 0.5) is 0 Å². The predicted molar refractivity (Wildman–Crippen MR) is 135 cm³/mol. The van der Waals surface area contributed by atoms with Gasteiger partial charge in [-0.3, -0.25) is 4.79 Å². The molecule has 0 saturated carbocycles. The van der Waals surface area contributed by atoms with Crippen molar-refractivity contribution >= 4 is 49.6 Å². The molecule has 4 aromatic rings. The quantitative estimate of drug-likeness (QED) is 0.219. The van der Waals surface area contributed by atoms with E-state index in [9.17, 15) is 13.2 Å². The molecule has 0 fully saturated rings. The van der Waals surface area contributed by atoms with Gasteiger partial charge in [0, 0.05) is 0 Å². The van der Waals surface area contributed by atoms with Crippen LogP contribution in [0.5, 0.6) is 0 Å². The molecule has 6 nitrogen and oxygen atoms in total. The molecule has 0 N–H and O–H groups in total. The smallest absolute Gasteiger partial charge is 0.312 e. The van der Waals surface area contributed by atoms with Crippen molar-refractivity contribution in [1.29, 1.82) is 0 Å². The normalized spacial score (nSPS) is 11.9. The molecule has 174 valence electrons. The van der Waals surface area contributed by atoms with Gasteiger partial charge in [0.1, 0.15) is 0 Å². The van der Waals surface area contributed by atoms with Crippen LogP contribution in [-0.4, -0.2) is 35.7 Å². The Hall–Kier alpha value is -3.28. The van der Waals surface area contributed by atoms with E-state index < -0.39 is 15.4 Å². The first-order valence-corrected chi connectivity index (χ1v) is 13.1. The maximum absolute atomic E-state index is 13.7. The van der Waals surface area contributed by atoms with Gasteiger partial charge in [0.15, 0.2) is 11.8 Å². The molecule has 0 radical (unpaired) electrons. The number of ether oxygens (including phenoxy) is 1. The Morgan fingerprint density at radius 3 is 2.47 bits per heavy atom. The van der Waals surface area contributed by atoms with Crippen molar-refractivity contribution in [3.8, 4) is 11.8 Å². The minimum Gasteiger partial charge on any atom is -0.452 e. The molecule has 0 aliphatic heterocycles. The number of esters is 1. The summed E-state index contributed by atoms with van der Waals surface area (Å²) in [6, 6.07) is 19.8. The summed E-state index contributed by atoms with van der Waals surface area (Å²) >= 11 is 1.22. The molecule has 8 heteroatoms. The standard InChI is InChI=1S/C26H24N2O4S2/c1-26(2,3)24(29)32-16-8-9-17-33-25-27-22-12-6-7-13-23(22)28(25)34(30,31)21-15-14-19-10-4-5-11-20(19)18-21/h4-7,10-15,18H,16-17H2,1-3H3. The van der Waals surface area contributed by atoms with Gasteiger partial charge >= 0.3 is 5.97 Å². The maximum atomic E-state index is 13.7. The van der Waals surface area contributed by atoms with Crippen LogP contribution in [0.2, 0.25) is 0 Å². The summed E-state index contributed by atoms with van der Waals surface area (Å²) in [6.45, 7) is 5.32. The average molecular weight is 493 g/mol. The number of rotatable bonds is 5. The highest BCUT2D eigenvalue weighted by molar-refractivity contribution is 8.00. The maximum Gasteiger partial charge on any atom is 0.312 e. The fraction of sp³-hybridized carbons (Fsp3) is 0.231. The van der Waals surface area contributed by atoms with Crippen LogP contribution in [0.3, 0.4) is 0 Å². The second kappa shape index (κ2) is 9.53. The van der Waals surface area contributed by atoms with Crippen molar-refractivity contribution in [2.75, 3.05) is 12.4 Å². The summed E-state index contributed by atoms with van der Waals surface area (Å²) in [6.07, 6.45) is 0. The summed E-state index contributed by atoms with van der Waals surface area (Å²) < 4.78 is 33.8. The van der Waals surface area contributed by atoms with Crippen LogP contribution in [0.15, 0.2) is 76.8 Å². The molecule has 0 unspecified atom stereocenters. The number of benzene rings is 3. The van der Waals surface area contributed by atoms with Crippen molar-refractivity contribution in [1.82, 2.24) is 8.96 Å². The Balaban J connectivity index is 1.62. The third kappa shape index (κ3) is 4.96. The van der Waals surface area contributed by atoms with Crippen LogP contribution in [-0.2, 0) is 19.6 Å². The molecular formula is C26H24N2O4S2. The SMILES string of the molecule is CC(C)(C)C(=O)OCC#CCSc1nc2ccccc2n1S(=O)(=O)c1ccc2ccccc2c1. The van der Waals surface area contributed by atoms with E-state index in [4.69, 9.17) is 4.74 Å². The fourth-order valence-electron chi connectivity index (χ4n) is 3.26. The molecule has 0 spiro atoms. The van der Waals surface area contributed by atoms with Crippen molar-refractivity contribution in [2.45, 2.75) is 30.8 Å². The molecule has 3 aromatic carbocycles. The van der Waals surface area contributed by atoms with Crippen LogP contribution in [0.25, 0.3) is 21.8 Å². The highest BCUT2D eigenvalue weighted by atomic mass is 32.2. The van der Waals surface area contributed by atoms with Crippen molar-refractivity contribution in [3.63, 3.8) is 0 Å². The van der Waals surface area contributed by atoms with E-state index in [1.54, 1.807) is 57.2 Å². The second-order valence-corrected chi connectivity index (χ2v) is 11.4. The van der Waals surface area contributed by atoms with Gasteiger partial charge in [-0.2, -0.15) is 0 Å². The number of hydrogen-bond acceptors (Lipinski definition) is 6. The number of carbonyl (C=O) groups excluding carboxylic acids is 1. The Bertz CT molecular complexity index is 1540. The highest BCUT2D eigenvalue weighted by Crippen LogP contribution is 2.30. The topological polar surface area (TPSA) is 78.3 Å². The van der Waals surface area contributed by atoms with Gasteiger partial charge in [-0.1, -0.05) is 66.1 Å². The molecule has 34 heavy (non-hydrogen) atoms. The molecule has 0 saturated heterocycles. The van der Waals surface area contributed by atoms with E-state index >= 15 is 0 Å². The highest BCUT2D eigenvalue weighted by Gasteiger charge is 2.25. The fourth-order valence-corrected chi connectivity index (χ4v) is 5.78. The third-order valence-electron chi connectivity index (χ3n) is 5.04. The predicted octanol–water partition coefficient (Wildman–Crippen LogP) is 5.11. The lowest BCUT2D eigenvalue weighted by Crippen LogP contribution is -2.22. The summed E-state index contributed by atoms with van der Waals surface area (Å²) in [5.41, 5.74) is 0.505. The molecule has 0 amide bonds. The van der Waals surface area contributed by atoms with Crippen LogP contribution in [0.1, 0.15) is 20.8 Å². The van der Waals surface area contributed by atoms with E-state index in [0.29, 0.717) is 21.9 Å². The number of hydrogen-bond donors (Lipinski definition) is 0. The number of para-hydroxylation sites is 2. The molecule has 1 heterocycles. The third-order valence-corrected chi connectivity index (χ3v) is 7.67. The van der Waals surface area contributed by atoms with Crippen LogP contribution < -0.4 is 0 Å². The zero-order valence-corrected chi connectivity index (χ0v) is 20.7. The van der Waals surface area contributed by atoms with E-state index in [1.807, 2.05) is 30.3 Å². The van der Waals surface area contributed by atoms with Gasteiger partial charge in [0.05, 0.1) is 27.1 Å². The largest absolute Gasteiger partial charge is 0.452 e. The zero-order chi connectivity index (χ0) is 24.3. The Morgan fingerprint density at radius 2 is 1.71 bits per heavy atom. The molecule has 1 aromatic heterocycles. The van der Waals surface area contributed by atoms with Crippen LogP contribution >= 0.6 is 11.8 Å². The molecule has 0 aliphatic carbocycles. The Labute approximate surface area is 203 Å². The Kier molecular flexibility index (Phi) is 6.69. The van der Waals surface area contributed by atoms with Crippen molar-refractivity contribution in [3.05, 3.63) is 66.7 Å². The number of fused-ring (bicyclic) bond motifs is 2. The lowest BCUT2D eigenvalue weighted by atomic mass is 9.97. The van der Waals surface area contributed by atoms with Crippen molar-refractivity contribution < 1.29 is 17.9 Å². The number of nitrogens with zero attached hydrogens (tertiary/aromatic N) is 2. The first-order valence-electron chi connectivity index (χ1n) is 10.7. The number of thioether (sulfide) groups is 1. The van der Waals surface area contributed by atoms with E-state index in [0.717, 1.165) is 10.8 Å². The van der Waals surface area contributed by atoms with Gasteiger partial charge in [-0.25, -0.2) is 17.4 Å². The summed E-state index contributed by atoms with van der Waals surface area (Å²) in [4.78, 5) is 16.5. The second-order valence-electron chi connectivity index (χ2n) is 8.63. The van der Waals surface area contributed by atoms with Gasteiger partial charge in [0.25, 0.3) is 10.0 Å². The first-order chi connectivity index (χ1) is 16.2. The van der Waals surface area contributed by atoms with Gasteiger partial charge in [-0.15, -0.1) is 0 Å². The minimum atomic E-state index is -3.90. The molecule has 0 bridgehead atoms. The summed E-state index contributed by atoms with van der Waals surface area (Å²) in [7, 11) is -3.90. The lowest BCUT2D eigenvalue weighted by Gasteiger charge is -2.14. The monoisotopic (exact) mass is 492 g/mol. The number of carbonyl (C=O) groups is 1. The van der Waals surface area contributed by atoms with Gasteiger partial charge < -0.3 is 4.74 Å². The lowest BCUT2D eigenvalue weighted by molar-refractivity contribution is -0.151. The van der Waals surface area contributed by atoms with E-state index in [-0.39, 0.29) is 17.5 Å². The first kappa shape index (κ1) is 23.9. The van der Waals surface area contributed by atoms with E-state index in [2.05, 4.69) is 16.8 Å². The molecular weight excluding hydrogens is 468 g/mol. The number of aromatic nitrogens is 2. The summed E-state index contributed by atoms with van der Waals surface area (Å²) in [5.74, 6) is 5.69. The van der Waals surface area contributed by atoms with Gasteiger partial charge in [-0.05, 0) is 55.8 Å². The molecule has 4 rings (SSSR count). The summed E-state index contributed by atoms with van der Waals surface area (Å²) in [5, 5.41) is 2.14. The van der Waals surface area contributed by atoms with Crippen molar-refractivity contribution in [2.24, 2.45) is 5.41 Å². The average Bonchev–Trinajstić information content (AvgIpc) is 3.19. The molecule has 0 aliphatic rings. The van der Waals surface area contributed by atoms with E-state index in [1.165, 1.54) is 15.7 Å². The zero-order valence-electron chi connectivity index (χ0n) is 19.1. The minimum absolute atomic E-state index is 0.0114. The van der Waals surface area contributed by atoms with Gasteiger partial charge in [0.2, 0.25) is 0 Å². The Morgan fingerprint density at radius 1 is 1.00 bits per heavy atom. The van der Waals surface area contributed by atoms with Crippen LogP contribution in [0, 0.1) is 17.3 Å². The molecule has 0 atom stereocenters. The number of imidazole rings is 1.